The minimum atomic E-state index is -0.188. The fourth-order valence-electron chi connectivity index (χ4n) is 1.82. The Labute approximate surface area is 101 Å². The van der Waals surface area contributed by atoms with E-state index in [-0.39, 0.29) is 5.82 Å². The molecule has 0 unspecified atom stereocenters. The highest BCUT2D eigenvalue weighted by Gasteiger charge is 2.06. The van der Waals surface area contributed by atoms with Gasteiger partial charge in [-0.25, -0.2) is 4.39 Å². The lowest BCUT2D eigenvalue weighted by molar-refractivity contribution is 0.631. The Kier molecular flexibility index (Phi) is 3.55. The van der Waals surface area contributed by atoms with Crippen molar-refractivity contribution in [2.45, 2.75) is 12.8 Å². The zero-order valence-electron chi connectivity index (χ0n) is 9.86. The molecule has 2 aromatic carbocycles. The first-order valence-electron chi connectivity index (χ1n) is 5.77. The number of nitrogens with two attached hydrogens (primary N) is 1. The standard InChI is InChI=1S/C15H16FN/c1-11(10-17)12-6-8-13(9-7-12)14-4-2-3-5-15(14)16/h2-9,11H,10,17H2,1H3/t11-/m0/s1. The van der Waals surface area contributed by atoms with Crippen molar-refractivity contribution >= 4 is 0 Å². The summed E-state index contributed by atoms with van der Waals surface area (Å²) >= 11 is 0. The van der Waals surface area contributed by atoms with Crippen molar-refractivity contribution in [1.29, 1.82) is 0 Å². The van der Waals surface area contributed by atoms with Gasteiger partial charge in [-0.05, 0) is 29.7 Å². The van der Waals surface area contributed by atoms with Crippen molar-refractivity contribution in [2.24, 2.45) is 5.73 Å². The zero-order valence-corrected chi connectivity index (χ0v) is 9.86. The molecule has 1 nitrogen and oxygen atoms in total. The molecular formula is C15H16FN. The van der Waals surface area contributed by atoms with Crippen LogP contribution in [0.4, 0.5) is 4.39 Å². The Hall–Kier alpha value is -1.67. The molecule has 0 fully saturated rings. The minimum Gasteiger partial charge on any atom is -0.330 e. The monoisotopic (exact) mass is 229 g/mol. The van der Waals surface area contributed by atoms with Gasteiger partial charge in [0, 0.05) is 5.56 Å². The fourth-order valence-corrected chi connectivity index (χ4v) is 1.82. The van der Waals surface area contributed by atoms with E-state index in [4.69, 9.17) is 5.73 Å². The molecule has 2 rings (SSSR count). The Balaban J connectivity index is 2.33. The van der Waals surface area contributed by atoms with E-state index < -0.39 is 0 Å². The molecule has 0 aromatic heterocycles. The molecule has 0 spiro atoms. The first kappa shape index (κ1) is 11.8. The van der Waals surface area contributed by atoms with E-state index in [0.29, 0.717) is 18.0 Å². The summed E-state index contributed by atoms with van der Waals surface area (Å²) in [5, 5.41) is 0. The maximum absolute atomic E-state index is 13.6. The van der Waals surface area contributed by atoms with Crippen molar-refractivity contribution in [3.8, 4) is 11.1 Å². The smallest absolute Gasteiger partial charge is 0.131 e. The van der Waals surface area contributed by atoms with Gasteiger partial charge in [-0.1, -0.05) is 49.4 Å². The van der Waals surface area contributed by atoms with E-state index in [0.717, 1.165) is 5.56 Å². The predicted molar refractivity (Wildman–Crippen MR) is 69.3 cm³/mol. The normalized spacial score (nSPS) is 12.4. The Morgan fingerprint density at radius 3 is 2.29 bits per heavy atom. The van der Waals surface area contributed by atoms with Gasteiger partial charge >= 0.3 is 0 Å². The molecule has 2 heteroatoms. The SMILES string of the molecule is C[C@@H](CN)c1ccc(-c2ccccc2F)cc1. The second-order valence-corrected chi connectivity index (χ2v) is 4.24. The third kappa shape index (κ3) is 2.53. The summed E-state index contributed by atoms with van der Waals surface area (Å²) in [5.74, 6) is 0.150. The molecule has 17 heavy (non-hydrogen) atoms. The van der Waals surface area contributed by atoms with Crippen LogP contribution >= 0.6 is 0 Å². The third-order valence-corrected chi connectivity index (χ3v) is 3.02. The summed E-state index contributed by atoms with van der Waals surface area (Å²) in [4.78, 5) is 0. The average Bonchev–Trinajstić information content (AvgIpc) is 2.39. The molecule has 2 N–H and O–H groups in total. The number of benzene rings is 2. The van der Waals surface area contributed by atoms with Crippen molar-refractivity contribution in [1.82, 2.24) is 0 Å². The van der Waals surface area contributed by atoms with Gasteiger partial charge in [-0.15, -0.1) is 0 Å². The third-order valence-electron chi connectivity index (χ3n) is 3.02. The summed E-state index contributed by atoms with van der Waals surface area (Å²) < 4.78 is 13.6. The molecule has 0 aliphatic heterocycles. The summed E-state index contributed by atoms with van der Waals surface area (Å²) in [6.07, 6.45) is 0. The maximum Gasteiger partial charge on any atom is 0.131 e. The van der Waals surface area contributed by atoms with Crippen LogP contribution in [0.3, 0.4) is 0 Å². The largest absolute Gasteiger partial charge is 0.330 e. The van der Waals surface area contributed by atoms with Crippen molar-refractivity contribution < 1.29 is 4.39 Å². The van der Waals surface area contributed by atoms with Gasteiger partial charge in [0.1, 0.15) is 5.82 Å². The number of halogens is 1. The van der Waals surface area contributed by atoms with Gasteiger partial charge in [0.05, 0.1) is 0 Å². The van der Waals surface area contributed by atoms with Gasteiger partial charge in [0.2, 0.25) is 0 Å². The molecule has 0 saturated heterocycles. The lowest BCUT2D eigenvalue weighted by Gasteiger charge is -2.10. The Morgan fingerprint density at radius 2 is 1.71 bits per heavy atom. The van der Waals surface area contributed by atoms with Crippen molar-refractivity contribution in [2.75, 3.05) is 6.54 Å². The maximum atomic E-state index is 13.6. The van der Waals surface area contributed by atoms with Crippen LogP contribution in [0.5, 0.6) is 0 Å². The molecule has 0 heterocycles. The summed E-state index contributed by atoms with van der Waals surface area (Å²) in [6.45, 7) is 2.71. The molecule has 0 aliphatic carbocycles. The first-order valence-corrected chi connectivity index (χ1v) is 5.77. The van der Waals surface area contributed by atoms with Crippen LogP contribution in [-0.4, -0.2) is 6.54 Å². The van der Waals surface area contributed by atoms with E-state index in [1.54, 1.807) is 12.1 Å². The van der Waals surface area contributed by atoms with Crippen LogP contribution in [0.25, 0.3) is 11.1 Å². The number of hydrogen-bond acceptors (Lipinski definition) is 1. The van der Waals surface area contributed by atoms with Crippen LogP contribution in [0, 0.1) is 5.82 Å². The minimum absolute atomic E-state index is 0.188. The van der Waals surface area contributed by atoms with E-state index >= 15 is 0 Å². The molecule has 0 aliphatic rings. The highest BCUT2D eigenvalue weighted by molar-refractivity contribution is 5.64. The second-order valence-electron chi connectivity index (χ2n) is 4.24. The van der Waals surface area contributed by atoms with E-state index in [1.165, 1.54) is 11.6 Å². The van der Waals surface area contributed by atoms with Crippen molar-refractivity contribution in [3.05, 3.63) is 59.9 Å². The van der Waals surface area contributed by atoms with Crippen LogP contribution in [0.2, 0.25) is 0 Å². The molecule has 2 aromatic rings. The van der Waals surface area contributed by atoms with Crippen LogP contribution in [0.1, 0.15) is 18.4 Å². The molecule has 1 atom stereocenters. The summed E-state index contributed by atoms with van der Waals surface area (Å²) in [5.41, 5.74) is 8.34. The zero-order chi connectivity index (χ0) is 12.3. The van der Waals surface area contributed by atoms with E-state index in [2.05, 4.69) is 6.92 Å². The van der Waals surface area contributed by atoms with Gasteiger partial charge in [-0.3, -0.25) is 0 Å². The van der Waals surface area contributed by atoms with Crippen LogP contribution in [0.15, 0.2) is 48.5 Å². The molecular weight excluding hydrogens is 213 g/mol. The summed E-state index contributed by atoms with van der Waals surface area (Å²) in [6, 6.07) is 14.7. The Bertz CT molecular complexity index is 491. The quantitative estimate of drug-likeness (QED) is 0.855. The molecule has 0 radical (unpaired) electrons. The highest BCUT2D eigenvalue weighted by Crippen LogP contribution is 2.24. The van der Waals surface area contributed by atoms with E-state index in [9.17, 15) is 4.39 Å². The van der Waals surface area contributed by atoms with Gasteiger partial charge in [0.15, 0.2) is 0 Å². The van der Waals surface area contributed by atoms with Crippen LogP contribution in [-0.2, 0) is 0 Å². The molecule has 0 saturated carbocycles. The molecule has 88 valence electrons. The molecule has 0 bridgehead atoms. The topological polar surface area (TPSA) is 26.0 Å². The first-order chi connectivity index (χ1) is 8.22. The lowest BCUT2D eigenvalue weighted by atomic mass is 9.97. The van der Waals surface area contributed by atoms with Gasteiger partial charge in [0.25, 0.3) is 0 Å². The predicted octanol–water partition coefficient (Wildman–Crippen LogP) is 3.55. The number of hydrogen-bond donors (Lipinski definition) is 1. The van der Waals surface area contributed by atoms with E-state index in [1.807, 2.05) is 30.3 Å². The number of rotatable bonds is 3. The van der Waals surface area contributed by atoms with Gasteiger partial charge < -0.3 is 5.73 Å². The van der Waals surface area contributed by atoms with Crippen LogP contribution < -0.4 is 5.73 Å². The summed E-state index contributed by atoms with van der Waals surface area (Å²) in [7, 11) is 0. The second kappa shape index (κ2) is 5.11. The fraction of sp³-hybridized carbons (Fsp3) is 0.200. The highest BCUT2D eigenvalue weighted by atomic mass is 19.1. The average molecular weight is 229 g/mol. The van der Waals surface area contributed by atoms with Gasteiger partial charge in [-0.2, -0.15) is 0 Å². The van der Waals surface area contributed by atoms with Crippen molar-refractivity contribution in [3.63, 3.8) is 0 Å². The molecule has 0 amide bonds. The Morgan fingerprint density at radius 1 is 1.06 bits per heavy atom. The lowest BCUT2D eigenvalue weighted by Crippen LogP contribution is -2.08.